The Morgan fingerprint density at radius 3 is 2.29 bits per heavy atom. The summed E-state index contributed by atoms with van der Waals surface area (Å²) in [5.41, 5.74) is 4.39. The van der Waals surface area contributed by atoms with Crippen molar-refractivity contribution in [3.63, 3.8) is 0 Å². The summed E-state index contributed by atoms with van der Waals surface area (Å²) in [4.78, 5) is 36.1. The van der Waals surface area contributed by atoms with Gasteiger partial charge in [0.25, 0.3) is 11.8 Å². The molecule has 1 aliphatic rings. The van der Waals surface area contributed by atoms with Crippen molar-refractivity contribution in [2.75, 3.05) is 0 Å². The fourth-order valence-corrected chi connectivity index (χ4v) is 3.59. The number of hydrogen-bond donors (Lipinski definition) is 3. The van der Waals surface area contributed by atoms with Gasteiger partial charge in [-0.1, -0.05) is 60.2 Å². The first-order chi connectivity index (χ1) is 14.8. The molecule has 0 spiro atoms. The summed E-state index contributed by atoms with van der Waals surface area (Å²) in [6.07, 6.45) is 0. The van der Waals surface area contributed by atoms with Crippen LogP contribution in [0.4, 0.5) is 4.79 Å². The van der Waals surface area contributed by atoms with Crippen molar-refractivity contribution in [3.05, 3.63) is 95.1 Å². The Bertz CT molecular complexity index is 1150. The third-order valence-corrected chi connectivity index (χ3v) is 5.53. The number of amides is 4. The van der Waals surface area contributed by atoms with E-state index in [0.29, 0.717) is 17.7 Å². The fourth-order valence-electron chi connectivity index (χ4n) is 3.59. The quantitative estimate of drug-likeness (QED) is 0.558. The van der Waals surface area contributed by atoms with E-state index in [1.54, 1.807) is 31.2 Å². The number of nitrogens with one attached hydrogen (secondary N) is 3. The standard InChI is InChI=1S/C25H23N3O3/c1-16-6-8-18(9-7-16)20-5-3-4-17(14-20)15-26-22(29)19-10-12-21(13-11-19)25(2)23(30)27-24(31)28-25/h3-14H,15H2,1-2H3,(H,26,29)(H2,27,28,30,31). The van der Waals surface area contributed by atoms with Crippen LogP contribution in [-0.4, -0.2) is 17.8 Å². The molecule has 1 unspecified atom stereocenters. The van der Waals surface area contributed by atoms with Gasteiger partial charge in [-0.2, -0.15) is 0 Å². The van der Waals surface area contributed by atoms with Crippen LogP contribution in [0.2, 0.25) is 0 Å². The molecular formula is C25H23N3O3. The summed E-state index contributed by atoms with van der Waals surface area (Å²) in [5, 5.41) is 7.78. The Labute approximate surface area is 180 Å². The van der Waals surface area contributed by atoms with Crippen molar-refractivity contribution in [2.45, 2.75) is 25.9 Å². The van der Waals surface area contributed by atoms with E-state index in [2.05, 4.69) is 53.2 Å². The van der Waals surface area contributed by atoms with Crippen molar-refractivity contribution in [3.8, 4) is 11.1 Å². The summed E-state index contributed by atoms with van der Waals surface area (Å²) < 4.78 is 0. The Morgan fingerprint density at radius 1 is 0.935 bits per heavy atom. The van der Waals surface area contributed by atoms with Gasteiger partial charge in [0.15, 0.2) is 0 Å². The predicted molar refractivity (Wildman–Crippen MR) is 118 cm³/mol. The van der Waals surface area contributed by atoms with Crippen molar-refractivity contribution in [2.24, 2.45) is 0 Å². The molecule has 1 fully saturated rings. The Kier molecular flexibility index (Phi) is 5.29. The van der Waals surface area contributed by atoms with Crippen molar-refractivity contribution in [1.29, 1.82) is 0 Å². The van der Waals surface area contributed by atoms with Crippen molar-refractivity contribution >= 4 is 17.8 Å². The molecule has 0 aromatic heterocycles. The van der Waals surface area contributed by atoms with E-state index in [1.807, 2.05) is 18.2 Å². The number of imide groups is 1. The normalized spacial score (nSPS) is 17.7. The van der Waals surface area contributed by atoms with Gasteiger partial charge in [0.2, 0.25) is 0 Å². The van der Waals surface area contributed by atoms with Crippen LogP contribution in [0.1, 0.15) is 34.0 Å². The lowest BCUT2D eigenvalue weighted by Gasteiger charge is -2.21. The molecule has 0 radical (unpaired) electrons. The van der Waals surface area contributed by atoms with E-state index < -0.39 is 17.5 Å². The zero-order chi connectivity index (χ0) is 22.0. The maximum absolute atomic E-state index is 12.6. The lowest BCUT2D eigenvalue weighted by molar-refractivity contribution is -0.123. The van der Waals surface area contributed by atoms with E-state index in [9.17, 15) is 14.4 Å². The zero-order valence-electron chi connectivity index (χ0n) is 17.4. The molecule has 0 bridgehead atoms. The highest BCUT2D eigenvalue weighted by Crippen LogP contribution is 2.25. The molecule has 0 saturated carbocycles. The van der Waals surface area contributed by atoms with Gasteiger partial charge < -0.3 is 10.6 Å². The Morgan fingerprint density at radius 2 is 1.65 bits per heavy atom. The average Bonchev–Trinajstić information content (AvgIpc) is 3.05. The highest BCUT2D eigenvalue weighted by Gasteiger charge is 2.43. The maximum atomic E-state index is 12.6. The smallest absolute Gasteiger partial charge is 0.322 e. The maximum Gasteiger partial charge on any atom is 0.322 e. The molecule has 1 atom stereocenters. The van der Waals surface area contributed by atoms with Crippen LogP contribution in [-0.2, 0) is 16.9 Å². The van der Waals surface area contributed by atoms with E-state index in [4.69, 9.17) is 0 Å². The van der Waals surface area contributed by atoms with Gasteiger partial charge in [-0.05, 0) is 54.3 Å². The summed E-state index contributed by atoms with van der Waals surface area (Å²) in [6, 6.07) is 22.5. The molecular weight excluding hydrogens is 390 g/mol. The second kappa shape index (κ2) is 8.07. The van der Waals surface area contributed by atoms with Gasteiger partial charge in [-0.3, -0.25) is 14.9 Å². The number of benzene rings is 3. The lowest BCUT2D eigenvalue weighted by Crippen LogP contribution is -2.40. The zero-order valence-corrected chi connectivity index (χ0v) is 17.4. The molecule has 1 heterocycles. The predicted octanol–water partition coefficient (Wildman–Crippen LogP) is 3.65. The number of urea groups is 1. The summed E-state index contributed by atoms with van der Waals surface area (Å²) >= 11 is 0. The first-order valence-electron chi connectivity index (χ1n) is 10.0. The Hall–Kier alpha value is -3.93. The van der Waals surface area contributed by atoms with E-state index in [-0.39, 0.29) is 5.91 Å². The van der Waals surface area contributed by atoms with Crippen LogP contribution in [0.5, 0.6) is 0 Å². The average molecular weight is 413 g/mol. The number of aryl methyl sites for hydroxylation is 1. The molecule has 3 N–H and O–H groups in total. The topological polar surface area (TPSA) is 87.3 Å². The first kappa shape index (κ1) is 20.3. The second-order valence-corrected chi connectivity index (χ2v) is 7.86. The largest absolute Gasteiger partial charge is 0.348 e. The molecule has 4 amide bonds. The van der Waals surface area contributed by atoms with E-state index in [0.717, 1.165) is 16.7 Å². The molecule has 3 aromatic carbocycles. The first-order valence-corrected chi connectivity index (χ1v) is 10.0. The van der Waals surface area contributed by atoms with E-state index >= 15 is 0 Å². The van der Waals surface area contributed by atoms with Crippen LogP contribution in [0.3, 0.4) is 0 Å². The number of carbonyl (C=O) groups is 3. The van der Waals surface area contributed by atoms with Crippen LogP contribution in [0, 0.1) is 6.92 Å². The Balaban J connectivity index is 1.42. The van der Waals surface area contributed by atoms with Crippen molar-refractivity contribution < 1.29 is 14.4 Å². The molecule has 6 heteroatoms. The van der Waals surface area contributed by atoms with E-state index in [1.165, 1.54) is 5.56 Å². The van der Waals surface area contributed by atoms with Crippen LogP contribution < -0.4 is 16.0 Å². The third kappa shape index (κ3) is 4.19. The minimum atomic E-state index is -1.14. The van der Waals surface area contributed by atoms with Crippen molar-refractivity contribution in [1.82, 2.24) is 16.0 Å². The monoisotopic (exact) mass is 413 g/mol. The minimum Gasteiger partial charge on any atom is -0.348 e. The molecule has 31 heavy (non-hydrogen) atoms. The number of rotatable bonds is 5. The molecule has 4 rings (SSSR count). The van der Waals surface area contributed by atoms with Gasteiger partial charge in [0.05, 0.1) is 0 Å². The lowest BCUT2D eigenvalue weighted by atomic mass is 9.91. The fraction of sp³-hybridized carbons (Fsp3) is 0.160. The van der Waals surface area contributed by atoms with Crippen LogP contribution in [0.15, 0.2) is 72.8 Å². The number of hydrogen-bond acceptors (Lipinski definition) is 3. The van der Waals surface area contributed by atoms with Crippen LogP contribution >= 0.6 is 0 Å². The summed E-state index contributed by atoms with van der Waals surface area (Å²) in [6.45, 7) is 4.08. The van der Waals surface area contributed by atoms with Gasteiger partial charge in [-0.25, -0.2) is 4.79 Å². The molecule has 6 nitrogen and oxygen atoms in total. The van der Waals surface area contributed by atoms with Gasteiger partial charge in [0, 0.05) is 12.1 Å². The minimum absolute atomic E-state index is 0.211. The number of carbonyl (C=O) groups excluding carboxylic acids is 3. The van der Waals surface area contributed by atoms with Gasteiger partial charge in [0.1, 0.15) is 5.54 Å². The van der Waals surface area contributed by atoms with Gasteiger partial charge >= 0.3 is 6.03 Å². The van der Waals surface area contributed by atoms with Gasteiger partial charge in [-0.15, -0.1) is 0 Å². The molecule has 1 aliphatic heterocycles. The molecule has 1 saturated heterocycles. The third-order valence-electron chi connectivity index (χ3n) is 5.53. The highest BCUT2D eigenvalue weighted by molar-refractivity contribution is 6.07. The SMILES string of the molecule is Cc1ccc(-c2cccc(CNC(=O)c3ccc(C4(C)NC(=O)NC4=O)cc3)c2)cc1. The van der Waals surface area contributed by atoms with Crippen LogP contribution in [0.25, 0.3) is 11.1 Å². The summed E-state index contributed by atoms with van der Waals surface area (Å²) in [7, 11) is 0. The highest BCUT2D eigenvalue weighted by atomic mass is 16.2. The molecule has 0 aliphatic carbocycles. The summed E-state index contributed by atoms with van der Waals surface area (Å²) in [5.74, 6) is -0.625. The molecule has 3 aromatic rings. The molecule has 156 valence electrons. The second-order valence-electron chi connectivity index (χ2n) is 7.86.